The zero-order chi connectivity index (χ0) is 23.0. The molecule has 0 bridgehead atoms. The molecule has 1 aliphatic rings. The van der Waals surface area contributed by atoms with Crippen LogP contribution in [0.4, 0.5) is 0 Å². The summed E-state index contributed by atoms with van der Waals surface area (Å²) in [5.74, 6) is 1.68. The number of rotatable bonds is 9. The van der Waals surface area contributed by atoms with Crippen LogP contribution in [-0.4, -0.2) is 29.6 Å². The number of hydrogen-bond acceptors (Lipinski definition) is 2. The summed E-state index contributed by atoms with van der Waals surface area (Å²) in [5.41, 5.74) is 5.26. The van der Waals surface area contributed by atoms with Crippen molar-refractivity contribution >= 4 is 0 Å². The molecule has 1 saturated heterocycles. The van der Waals surface area contributed by atoms with Crippen LogP contribution >= 0.6 is 0 Å². The molecular formula is C31H39NO. The number of likely N-dealkylation sites (tertiary alicyclic amines) is 1. The highest BCUT2D eigenvalue weighted by Gasteiger charge is 2.28. The SMILES string of the molecule is CC(C)c1ccc(C(O)CCCN2CCC(C(c3ccccc3)c3ccccc3)CC2)cc1. The first-order chi connectivity index (χ1) is 16.1. The first-order valence-corrected chi connectivity index (χ1v) is 12.7. The van der Waals surface area contributed by atoms with E-state index in [4.69, 9.17) is 0 Å². The fourth-order valence-corrected chi connectivity index (χ4v) is 5.35. The van der Waals surface area contributed by atoms with E-state index >= 15 is 0 Å². The molecule has 0 amide bonds. The third-order valence-corrected chi connectivity index (χ3v) is 7.36. The largest absolute Gasteiger partial charge is 0.388 e. The van der Waals surface area contributed by atoms with Crippen LogP contribution in [0, 0.1) is 5.92 Å². The highest BCUT2D eigenvalue weighted by molar-refractivity contribution is 5.33. The van der Waals surface area contributed by atoms with Gasteiger partial charge in [-0.05, 0) is 79.4 Å². The lowest BCUT2D eigenvalue weighted by Gasteiger charge is -2.36. The molecular weight excluding hydrogens is 402 g/mol. The number of aliphatic hydroxyl groups is 1. The van der Waals surface area contributed by atoms with Crippen molar-refractivity contribution in [2.45, 2.75) is 57.5 Å². The molecule has 174 valence electrons. The van der Waals surface area contributed by atoms with Gasteiger partial charge in [0.25, 0.3) is 0 Å². The maximum Gasteiger partial charge on any atom is 0.0790 e. The van der Waals surface area contributed by atoms with Gasteiger partial charge in [-0.3, -0.25) is 0 Å². The molecule has 2 heteroatoms. The van der Waals surface area contributed by atoms with Gasteiger partial charge in [0.2, 0.25) is 0 Å². The highest BCUT2D eigenvalue weighted by atomic mass is 16.3. The van der Waals surface area contributed by atoms with Crippen molar-refractivity contribution < 1.29 is 5.11 Å². The van der Waals surface area contributed by atoms with E-state index in [9.17, 15) is 5.11 Å². The minimum Gasteiger partial charge on any atom is -0.388 e. The second kappa shape index (κ2) is 11.6. The van der Waals surface area contributed by atoms with Crippen LogP contribution in [0.3, 0.4) is 0 Å². The van der Waals surface area contributed by atoms with Crippen molar-refractivity contribution in [1.82, 2.24) is 4.90 Å². The second-order valence-corrected chi connectivity index (χ2v) is 9.96. The van der Waals surface area contributed by atoms with Crippen LogP contribution in [0.5, 0.6) is 0 Å². The first-order valence-electron chi connectivity index (χ1n) is 12.7. The van der Waals surface area contributed by atoms with Gasteiger partial charge in [-0.2, -0.15) is 0 Å². The average Bonchev–Trinajstić information content (AvgIpc) is 2.86. The van der Waals surface area contributed by atoms with Gasteiger partial charge in [0, 0.05) is 5.92 Å². The first kappa shape index (κ1) is 23.7. The molecule has 0 aromatic heterocycles. The quantitative estimate of drug-likeness (QED) is 0.380. The van der Waals surface area contributed by atoms with Crippen LogP contribution in [0.2, 0.25) is 0 Å². The minimum absolute atomic E-state index is 0.357. The van der Waals surface area contributed by atoms with Gasteiger partial charge in [0.15, 0.2) is 0 Å². The summed E-state index contributed by atoms with van der Waals surface area (Å²) in [6.07, 6.45) is 3.97. The molecule has 4 rings (SSSR count). The number of aliphatic hydroxyl groups excluding tert-OH is 1. The maximum absolute atomic E-state index is 10.6. The summed E-state index contributed by atoms with van der Waals surface area (Å²) < 4.78 is 0. The summed E-state index contributed by atoms with van der Waals surface area (Å²) in [4.78, 5) is 2.60. The molecule has 3 aromatic carbocycles. The van der Waals surface area contributed by atoms with Gasteiger partial charge in [-0.25, -0.2) is 0 Å². The standard InChI is InChI=1S/C31H39NO/c1-24(2)25-15-17-26(18-16-25)30(33)14-9-21-32-22-19-29(20-23-32)31(27-10-5-3-6-11-27)28-12-7-4-8-13-28/h3-8,10-13,15-18,24,29-31,33H,9,14,19-23H2,1-2H3. The van der Waals surface area contributed by atoms with Crippen molar-refractivity contribution in [3.63, 3.8) is 0 Å². The summed E-state index contributed by atoms with van der Waals surface area (Å²) in [5, 5.41) is 10.6. The summed E-state index contributed by atoms with van der Waals surface area (Å²) in [6, 6.07) is 30.6. The van der Waals surface area contributed by atoms with Gasteiger partial charge in [0.1, 0.15) is 0 Å². The van der Waals surface area contributed by atoms with E-state index in [2.05, 4.69) is 104 Å². The lowest BCUT2D eigenvalue weighted by molar-refractivity contribution is 0.140. The molecule has 1 atom stereocenters. The third-order valence-electron chi connectivity index (χ3n) is 7.36. The van der Waals surface area contributed by atoms with Crippen molar-refractivity contribution in [2.24, 2.45) is 5.92 Å². The summed E-state index contributed by atoms with van der Waals surface area (Å²) in [6.45, 7) is 7.79. The van der Waals surface area contributed by atoms with Crippen molar-refractivity contribution in [3.05, 3.63) is 107 Å². The van der Waals surface area contributed by atoms with E-state index < -0.39 is 0 Å². The maximum atomic E-state index is 10.6. The van der Waals surface area contributed by atoms with E-state index in [1.165, 1.54) is 29.5 Å². The summed E-state index contributed by atoms with van der Waals surface area (Å²) in [7, 11) is 0. The van der Waals surface area contributed by atoms with E-state index in [1.807, 2.05) is 0 Å². The Morgan fingerprint density at radius 2 is 1.24 bits per heavy atom. The Morgan fingerprint density at radius 3 is 1.76 bits per heavy atom. The van der Waals surface area contributed by atoms with E-state index in [0.717, 1.165) is 38.0 Å². The number of nitrogens with zero attached hydrogens (tertiary/aromatic N) is 1. The fourth-order valence-electron chi connectivity index (χ4n) is 5.35. The van der Waals surface area contributed by atoms with Crippen LogP contribution in [-0.2, 0) is 0 Å². The molecule has 3 aromatic rings. The van der Waals surface area contributed by atoms with E-state index in [0.29, 0.717) is 17.8 Å². The topological polar surface area (TPSA) is 23.5 Å². The van der Waals surface area contributed by atoms with Gasteiger partial charge in [-0.15, -0.1) is 0 Å². The molecule has 1 heterocycles. The van der Waals surface area contributed by atoms with Gasteiger partial charge in [-0.1, -0.05) is 98.8 Å². The minimum atomic E-state index is -0.357. The number of piperidine rings is 1. The molecule has 0 saturated carbocycles. The molecule has 1 aliphatic heterocycles. The van der Waals surface area contributed by atoms with E-state index in [1.54, 1.807) is 0 Å². The molecule has 0 radical (unpaired) electrons. The lowest BCUT2D eigenvalue weighted by Crippen LogP contribution is -2.36. The van der Waals surface area contributed by atoms with Crippen molar-refractivity contribution in [2.75, 3.05) is 19.6 Å². The Bertz CT molecular complexity index is 904. The third kappa shape index (κ3) is 6.34. The van der Waals surface area contributed by atoms with Crippen LogP contribution in [0.25, 0.3) is 0 Å². The Kier molecular flexibility index (Phi) is 8.36. The predicted octanol–water partition coefficient (Wildman–Crippen LogP) is 7.17. The molecule has 33 heavy (non-hydrogen) atoms. The molecule has 1 N–H and O–H groups in total. The monoisotopic (exact) mass is 441 g/mol. The predicted molar refractivity (Wildman–Crippen MR) is 139 cm³/mol. The van der Waals surface area contributed by atoms with Gasteiger partial charge < -0.3 is 10.0 Å². The molecule has 0 spiro atoms. The van der Waals surface area contributed by atoms with Gasteiger partial charge in [0.05, 0.1) is 6.10 Å². The number of benzene rings is 3. The smallest absolute Gasteiger partial charge is 0.0790 e. The Hall–Kier alpha value is -2.42. The van der Waals surface area contributed by atoms with Crippen molar-refractivity contribution in [3.8, 4) is 0 Å². The van der Waals surface area contributed by atoms with E-state index in [-0.39, 0.29) is 6.10 Å². The lowest BCUT2D eigenvalue weighted by atomic mass is 9.76. The van der Waals surface area contributed by atoms with Crippen LogP contribution in [0.15, 0.2) is 84.9 Å². The molecule has 1 unspecified atom stereocenters. The van der Waals surface area contributed by atoms with Crippen LogP contribution in [0.1, 0.15) is 79.7 Å². The fraction of sp³-hybridized carbons (Fsp3) is 0.419. The molecule has 2 nitrogen and oxygen atoms in total. The molecule has 1 fully saturated rings. The average molecular weight is 442 g/mol. The zero-order valence-corrected chi connectivity index (χ0v) is 20.2. The normalized spacial score (nSPS) is 16.4. The Balaban J connectivity index is 1.28. The Morgan fingerprint density at radius 1 is 0.727 bits per heavy atom. The van der Waals surface area contributed by atoms with Crippen LogP contribution < -0.4 is 0 Å². The zero-order valence-electron chi connectivity index (χ0n) is 20.2. The second-order valence-electron chi connectivity index (χ2n) is 9.96. The molecule has 0 aliphatic carbocycles. The van der Waals surface area contributed by atoms with Crippen molar-refractivity contribution in [1.29, 1.82) is 0 Å². The van der Waals surface area contributed by atoms with Gasteiger partial charge >= 0.3 is 0 Å². The Labute approximate surface area is 200 Å². The number of hydrogen-bond donors (Lipinski definition) is 1. The highest BCUT2D eigenvalue weighted by Crippen LogP contribution is 2.38. The summed E-state index contributed by atoms with van der Waals surface area (Å²) >= 11 is 0.